The summed E-state index contributed by atoms with van der Waals surface area (Å²) in [5.41, 5.74) is 2.83. The summed E-state index contributed by atoms with van der Waals surface area (Å²) in [5, 5.41) is 0. The van der Waals surface area contributed by atoms with Gasteiger partial charge >= 0.3 is 5.97 Å². The van der Waals surface area contributed by atoms with E-state index in [1.54, 1.807) is 12.4 Å². The average molecular weight is 314 g/mol. The smallest absolute Gasteiger partial charge is 0.310 e. The number of esters is 1. The maximum Gasteiger partial charge on any atom is 0.310 e. The number of nitrogens with zero attached hydrogens (tertiary/aromatic N) is 4. The first kappa shape index (κ1) is 16.9. The van der Waals surface area contributed by atoms with E-state index in [4.69, 9.17) is 4.74 Å². The highest BCUT2D eigenvalue weighted by molar-refractivity contribution is 5.72. The number of methoxy groups -OCH3 is 1. The maximum absolute atomic E-state index is 11.6. The number of carbonyl (C=O) groups excluding carboxylic acids is 1. The number of aromatic nitrogens is 3. The van der Waals surface area contributed by atoms with Crippen molar-refractivity contribution < 1.29 is 9.53 Å². The molecule has 0 radical (unpaired) electrons. The zero-order chi connectivity index (χ0) is 17.0. The van der Waals surface area contributed by atoms with Crippen LogP contribution in [0.15, 0.2) is 24.5 Å². The molecule has 0 amide bonds. The number of hydrogen-bond acceptors (Lipinski definition) is 6. The Morgan fingerprint density at radius 2 is 1.91 bits per heavy atom. The van der Waals surface area contributed by atoms with Gasteiger partial charge in [-0.25, -0.2) is 9.97 Å². The second-order valence-corrected chi connectivity index (χ2v) is 5.62. The van der Waals surface area contributed by atoms with Gasteiger partial charge in [0.05, 0.1) is 13.0 Å². The summed E-state index contributed by atoms with van der Waals surface area (Å²) in [5.74, 6) is 1.02. The highest BCUT2D eigenvalue weighted by atomic mass is 16.5. The van der Waals surface area contributed by atoms with Crippen LogP contribution in [0, 0.1) is 19.8 Å². The molecule has 6 nitrogen and oxygen atoms in total. The van der Waals surface area contributed by atoms with Crippen molar-refractivity contribution >= 4 is 11.8 Å². The number of anilines is 1. The van der Waals surface area contributed by atoms with E-state index in [2.05, 4.69) is 15.0 Å². The third-order valence-corrected chi connectivity index (χ3v) is 3.81. The summed E-state index contributed by atoms with van der Waals surface area (Å²) in [7, 11) is 3.32. The minimum Gasteiger partial charge on any atom is -0.469 e. The monoisotopic (exact) mass is 314 g/mol. The number of rotatable bonds is 5. The van der Waals surface area contributed by atoms with Gasteiger partial charge in [0.1, 0.15) is 5.82 Å². The van der Waals surface area contributed by atoms with Crippen LogP contribution >= 0.6 is 0 Å². The first-order valence-electron chi connectivity index (χ1n) is 7.48. The maximum atomic E-state index is 11.6. The molecule has 0 spiro atoms. The van der Waals surface area contributed by atoms with Crippen LogP contribution in [0.4, 0.5) is 5.82 Å². The van der Waals surface area contributed by atoms with Crippen molar-refractivity contribution in [3.63, 3.8) is 0 Å². The molecule has 2 aromatic rings. The van der Waals surface area contributed by atoms with Gasteiger partial charge in [-0.05, 0) is 26.0 Å². The quantitative estimate of drug-likeness (QED) is 0.789. The molecule has 2 aromatic heterocycles. The lowest BCUT2D eigenvalue weighted by Gasteiger charge is -2.24. The van der Waals surface area contributed by atoms with E-state index in [9.17, 15) is 4.79 Å². The number of carbonyl (C=O) groups is 1. The van der Waals surface area contributed by atoms with E-state index >= 15 is 0 Å². The Labute approximate surface area is 136 Å². The topological polar surface area (TPSA) is 68.2 Å². The van der Waals surface area contributed by atoms with E-state index in [1.807, 2.05) is 44.9 Å². The van der Waals surface area contributed by atoms with E-state index in [-0.39, 0.29) is 11.9 Å². The fourth-order valence-corrected chi connectivity index (χ4v) is 2.39. The average Bonchev–Trinajstić information content (AvgIpc) is 2.56. The van der Waals surface area contributed by atoms with E-state index in [1.165, 1.54) is 7.11 Å². The summed E-state index contributed by atoms with van der Waals surface area (Å²) in [6.07, 6.45) is 3.44. The first-order valence-corrected chi connectivity index (χ1v) is 7.48. The second kappa shape index (κ2) is 7.17. The van der Waals surface area contributed by atoms with Crippen molar-refractivity contribution in [1.29, 1.82) is 0 Å². The van der Waals surface area contributed by atoms with Crippen LogP contribution in [0.1, 0.15) is 18.2 Å². The predicted octanol–water partition coefficient (Wildman–Crippen LogP) is 2.40. The van der Waals surface area contributed by atoms with Crippen molar-refractivity contribution in [1.82, 2.24) is 15.0 Å². The lowest BCUT2D eigenvalue weighted by molar-refractivity contribution is -0.144. The molecule has 0 saturated carbocycles. The van der Waals surface area contributed by atoms with Crippen molar-refractivity contribution in [3.05, 3.63) is 35.8 Å². The molecule has 23 heavy (non-hydrogen) atoms. The van der Waals surface area contributed by atoms with Crippen molar-refractivity contribution in [2.75, 3.05) is 25.6 Å². The molecule has 0 aliphatic heterocycles. The Morgan fingerprint density at radius 1 is 1.26 bits per heavy atom. The molecule has 0 bridgehead atoms. The van der Waals surface area contributed by atoms with E-state index < -0.39 is 0 Å². The Balaban J connectivity index is 2.34. The molecule has 0 aliphatic rings. The van der Waals surface area contributed by atoms with Crippen LogP contribution in [-0.2, 0) is 9.53 Å². The summed E-state index contributed by atoms with van der Waals surface area (Å²) in [4.78, 5) is 26.9. The summed E-state index contributed by atoms with van der Waals surface area (Å²) in [6, 6.07) is 3.76. The first-order chi connectivity index (χ1) is 10.9. The molecule has 2 heterocycles. The Bertz CT molecular complexity index is 688. The number of aryl methyl sites for hydroxylation is 1. The third-order valence-electron chi connectivity index (χ3n) is 3.81. The van der Waals surface area contributed by atoms with Crippen LogP contribution in [-0.4, -0.2) is 41.6 Å². The molecule has 0 fully saturated rings. The third kappa shape index (κ3) is 3.83. The largest absolute Gasteiger partial charge is 0.469 e. The van der Waals surface area contributed by atoms with Gasteiger partial charge in [0.25, 0.3) is 0 Å². The minimum atomic E-state index is -0.232. The fraction of sp³-hybridized carbons (Fsp3) is 0.412. The lowest BCUT2D eigenvalue weighted by Crippen LogP contribution is -2.30. The van der Waals surface area contributed by atoms with Crippen LogP contribution in [0.25, 0.3) is 11.4 Å². The minimum absolute atomic E-state index is 0.227. The summed E-state index contributed by atoms with van der Waals surface area (Å²) in [6.45, 7) is 6.32. The van der Waals surface area contributed by atoms with Crippen LogP contribution < -0.4 is 4.90 Å². The number of ether oxygens (including phenoxy) is 1. The second-order valence-electron chi connectivity index (χ2n) is 5.62. The molecule has 0 saturated heterocycles. The summed E-state index contributed by atoms with van der Waals surface area (Å²) >= 11 is 0. The van der Waals surface area contributed by atoms with E-state index in [0.717, 1.165) is 22.6 Å². The van der Waals surface area contributed by atoms with Crippen molar-refractivity contribution in [2.45, 2.75) is 20.8 Å². The lowest BCUT2D eigenvalue weighted by atomic mass is 10.1. The van der Waals surface area contributed by atoms with Gasteiger partial charge in [-0.3, -0.25) is 9.78 Å². The molecular formula is C17H22N4O2. The zero-order valence-corrected chi connectivity index (χ0v) is 14.2. The molecule has 1 atom stereocenters. The van der Waals surface area contributed by atoms with Crippen LogP contribution in [0.3, 0.4) is 0 Å². The van der Waals surface area contributed by atoms with E-state index in [0.29, 0.717) is 12.4 Å². The van der Waals surface area contributed by atoms with Gasteiger partial charge in [-0.15, -0.1) is 0 Å². The molecule has 6 heteroatoms. The molecule has 1 unspecified atom stereocenters. The Hall–Kier alpha value is -2.50. The standard InChI is InChI=1S/C17H22N4O2/c1-11(17(22)23-5)10-21(4)16-12(2)13(3)19-15(20-16)14-6-8-18-9-7-14/h6-9,11H,10H2,1-5H3. The predicted molar refractivity (Wildman–Crippen MR) is 89.2 cm³/mol. The molecular weight excluding hydrogens is 292 g/mol. The highest BCUT2D eigenvalue weighted by Crippen LogP contribution is 2.24. The van der Waals surface area contributed by atoms with Gasteiger partial charge in [0, 0.05) is 42.8 Å². The Kier molecular flexibility index (Phi) is 5.26. The molecule has 122 valence electrons. The molecule has 2 rings (SSSR count). The highest BCUT2D eigenvalue weighted by Gasteiger charge is 2.19. The van der Waals surface area contributed by atoms with Gasteiger partial charge in [0.2, 0.25) is 0 Å². The van der Waals surface area contributed by atoms with Crippen molar-refractivity contribution in [3.8, 4) is 11.4 Å². The fourth-order valence-electron chi connectivity index (χ4n) is 2.39. The molecule has 0 aromatic carbocycles. The van der Waals surface area contributed by atoms with Crippen LogP contribution in [0.2, 0.25) is 0 Å². The number of hydrogen-bond donors (Lipinski definition) is 0. The van der Waals surface area contributed by atoms with Gasteiger partial charge in [-0.1, -0.05) is 6.92 Å². The van der Waals surface area contributed by atoms with Gasteiger partial charge in [0.15, 0.2) is 5.82 Å². The van der Waals surface area contributed by atoms with Crippen molar-refractivity contribution in [2.24, 2.45) is 5.92 Å². The molecule has 0 aliphatic carbocycles. The Morgan fingerprint density at radius 3 is 2.52 bits per heavy atom. The normalized spacial score (nSPS) is 11.9. The summed E-state index contributed by atoms with van der Waals surface area (Å²) < 4.78 is 4.79. The van der Waals surface area contributed by atoms with Gasteiger partial charge < -0.3 is 9.64 Å². The number of pyridine rings is 1. The SMILES string of the molecule is COC(=O)C(C)CN(C)c1nc(-c2ccncc2)nc(C)c1C. The molecule has 0 N–H and O–H groups in total. The zero-order valence-electron chi connectivity index (χ0n) is 14.2. The van der Waals surface area contributed by atoms with Gasteiger partial charge in [-0.2, -0.15) is 0 Å². The van der Waals surface area contributed by atoms with Crippen LogP contribution in [0.5, 0.6) is 0 Å².